The van der Waals surface area contributed by atoms with Gasteiger partial charge in [-0.15, -0.1) is 0 Å². The molecule has 0 aliphatic heterocycles. The standard InChI is InChI=1S/C11H10F6O2/c12-10(13,14)6-19-5-9(18)7-1-3-8(4-2-7)11(15,16)17/h1-4,9,18H,5-6H2. The van der Waals surface area contributed by atoms with E-state index < -0.39 is 37.2 Å². The van der Waals surface area contributed by atoms with Crippen LogP contribution in [0.1, 0.15) is 17.2 Å². The van der Waals surface area contributed by atoms with Crippen molar-refractivity contribution in [1.82, 2.24) is 0 Å². The Morgan fingerprint density at radius 3 is 1.95 bits per heavy atom. The first kappa shape index (κ1) is 15.8. The van der Waals surface area contributed by atoms with E-state index in [-0.39, 0.29) is 5.56 Å². The fourth-order valence-electron chi connectivity index (χ4n) is 1.28. The lowest BCUT2D eigenvalue weighted by Gasteiger charge is -2.14. The van der Waals surface area contributed by atoms with Crippen molar-refractivity contribution in [3.05, 3.63) is 35.4 Å². The molecule has 0 aromatic heterocycles. The smallest absolute Gasteiger partial charge is 0.386 e. The Kier molecular flexibility index (Phi) is 4.81. The van der Waals surface area contributed by atoms with E-state index >= 15 is 0 Å². The summed E-state index contributed by atoms with van der Waals surface area (Å²) in [5.41, 5.74) is -0.852. The van der Waals surface area contributed by atoms with Crippen LogP contribution in [-0.4, -0.2) is 24.5 Å². The fraction of sp³-hybridized carbons (Fsp3) is 0.455. The predicted octanol–water partition coefficient (Wildman–Crippen LogP) is 3.32. The van der Waals surface area contributed by atoms with Crippen molar-refractivity contribution in [3.63, 3.8) is 0 Å². The first-order valence-electron chi connectivity index (χ1n) is 5.09. The molecule has 0 aliphatic carbocycles. The lowest BCUT2D eigenvalue weighted by atomic mass is 10.1. The van der Waals surface area contributed by atoms with Crippen LogP contribution in [0, 0.1) is 0 Å². The summed E-state index contributed by atoms with van der Waals surface area (Å²) in [5.74, 6) is 0. The maximum atomic E-state index is 12.2. The second-order valence-electron chi connectivity index (χ2n) is 3.77. The van der Waals surface area contributed by atoms with Gasteiger partial charge in [0.25, 0.3) is 0 Å². The van der Waals surface area contributed by atoms with Gasteiger partial charge in [0.2, 0.25) is 0 Å². The first-order chi connectivity index (χ1) is 8.59. The van der Waals surface area contributed by atoms with E-state index in [1.54, 1.807) is 0 Å². The number of ether oxygens (including phenoxy) is 1. The molecule has 1 N–H and O–H groups in total. The molecule has 0 amide bonds. The van der Waals surface area contributed by atoms with Crippen molar-refractivity contribution in [3.8, 4) is 0 Å². The Labute approximate surface area is 104 Å². The first-order valence-corrected chi connectivity index (χ1v) is 5.09. The molecule has 0 radical (unpaired) electrons. The highest BCUT2D eigenvalue weighted by Crippen LogP contribution is 2.30. The Morgan fingerprint density at radius 1 is 1.00 bits per heavy atom. The molecule has 0 saturated heterocycles. The number of hydrogen-bond donors (Lipinski definition) is 1. The molecule has 0 spiro atoms. The normalized spacial score (nSPS) is 14.5. The number of benzene rings is 1. The van der Waals surface area contributed by atoms with E-state index in [9.17, 15) is 31.4 Å². The molecular weight excluding hydrogens is 278 g/mol. The van der Waals surface area contributed by atoms with Gasteiger partial charge in [-0.2, -0.15) is 26.3 Å². The summed E-state index contributed by atoms with van der Waals surface area (Å²) in [5, 5.41) is 9.44. The highest BCUT2D eigenvalue weighted by Gasteiger charge is 2.30. The highest BCUT2D eigenvalue weighted by molar-refractivity contribution is 5.26. The van der Waals surface area contributed by atoms with Crippen LogP contribution in [-0.2, 0) is 10.9 Å². The SMILES string of the molecule is OC(COCC(F)(F)F)c1ccc(C(F)(F)F)cc1. The number of aliphatic hydroxyl groups is 1. The third-order valence-corrected chi connectivity index (χ3v) is 2.16. The molecule has 1 atom stereocenters. The lowest BCUT2D eigenvalue weighted by molar-refractivity contribution is -0.179. The van der Waals surface area contributed by atoms with Crippen LogP contribution in [0.25, 0.3) is 0 Å². The molecule has 2 nitrogen and oxygen atoms in total. The van der Waals surface area contributed by atoms with Crippen LogP contribution >= 0.6 is 0 Å². The van der Waals surface area contributed by atoms with Crippen LogP contribution in [0.3, 0.4) is 0 Å². The zero-order valence-corrected chi connectivity index (χ0v) is 9.42. The van der Waals surface area contributed by atoms with Gasteiger partial charge >= 0.3 is 12.4 Å². The monoisotopic (exact) mass is 288 g/mol. The van der Waals surface area contributed by atoms with Gasteiger partial charge in [-0.3, -0.25) is 0 Å². The molecule has 8 heteroatoms. The van der Waals surface area contributed by atoms with Gasteiger partial charge in [0.05, 0.1) is 12.2 Å². The summed E-state index contributed by atoms with van der Waals surface area (Å²) < 4.78 is 76.2. The molecule has 1 aromatic carbocycles. The Hall–Kier alpha value is -1.28. The van der Waals surface area contributed by atoms with Crippen LogP contribution in [0.15, 0.2) is 24.3 Å². The average Bonchev–Trinajstić information content (AvgIpc) is 2.26. The van der Waals surface area contributed by atoms with Gasteiger partial charge in [0.15, 0.2) is 0 Å². The van der Waals surface area contributed by atoms with Gasteiger partial charge in [-0.1, -0.05) is 12.1 Å². The van der Waals surface area contributed by atoms with E-state index in [4.69, 9.17) is 0 Å². The third-order valence-electron chi connectivity index (χ3n) is 2.16. The van der Waals surface area contributed by atoms with Gasteiger partial charge in [-0.05, 0) is 17.7 Å². The molecule has 1 aromatic rings. The second kappa shape index (κ2) is 5.79. The minimum Gasteiger partial charge on any atom is -0.386 e. The van der Waals surface area contributed by atoms with Crippen LogP contribution in [0.5, 0.6) is 0 Å². The third kappa shape index (κ3) is 5.48. The predicted molar refractivity (Wildman–Crippen MR) is 53.3 cm³/mol. The van der Waals surface area contributed by atoms with Gasteiger partial charge in [0.1, 0.15) is 12.7 Å². The summed E-state index contributed by atoms with van der Waals surface area (Å²) in [7, 11) is 0. The second-order valence-corrected chi connectivity index (χ2v) is 3.77. The summed E-state index contributed by atoms with van der Waals surface area (Å²) in [6.07, 6.45) is -10.4. The minimum absolute atomic E-state index is 0.0511. The fourth-order valence-corrected chi connectivity index (χ4v) is 1.28. The highest BCUT2D eigenvalue weighted by atomic mass is 19.4. The molecule has 0 saturated carbocycles. The van der Waals surface area contributed by atoms with E-state index in [1.807, 2.05) is 0 Å². The van der Waals surface area contributed by atoms with E-state index in [1.165, 1.54) is 0 Å². The van der Waals surface area contributed by atoms with E-state index in [0.717, 1.165) is 24.3 Å². The lowest BCUT2D eigenvalue weighted by Crippen LogP contribution is -2.19. The molecule has 0 heterocycles. The maximum Gasteiger partial charge on any atom is 0.416 e. The Morgan fingerprint density at radius 2 is 1.53 bits per heavy atom. The minimum atomic E-state index is -4.51. The van der Waals surface area contributed by atoms with Gasteiger partial charge in [0, 0.05) is 0 Å². The molecule has 19 heavy (non-hydrogen) atoms. The largest absolute Gasteiger partial charge is 0.416 e. The van der Waals surface area contributed by atoms with Gasteiger partial charge in [-0.25, -0.2) is 0 Å². The molecule has 108 valence electrons. The Balaban J connectivity index is 2.56. The van der Waals surface area contributed by atoms with Crippen molar-refractivity contribution in [2.45, 2.75) is 18.5 Å². The van der Waals surface area contributed by atoms with Crippen LogP contribution in [0.2, 0.25) is 0 Å². The number of halogens is 6. The van der Waals surface area contributed by atoms with Crippen molar-refractivity contribution in [2.75, 3.05) is 13.2 Å². The summed E-state index contributed by atoms with van der Waals surface area (Å²) >= 11 is 0. The van der Waals surface area contributed by atoms with Crippen molar-refractivity contribution < 1.29 is 36.2 Å². The molecule has 0 aliphatic rings. The number of rotatable bonds is 4. The molecule has 1 rings (SSSR count). The van der Waals surface area contributed by atoms with E-state index in [0.29, 0.717) is 0 Å². The topological polar surface area (TPSA) is 29.5 Å². The van der Waals surface area contributed by atoms with Gasteiger partial charge < -0.3 is 9.84 Å². The molecule has 0 fully saturated rings. The number of hydrogen-bond acceptors (Lipinski definition) is 2. The van der Waals surface area contributed by atoms with Crippen LogP contribution < -0.4 is 0 Å². The summed E-state index contributed by atoms with van der Waals surface area (Å²) in [6, 6.07) is 3.46. The summed E-state index contributed by atoms with van der Waals surface area (Å²) in [4.78, 5) is 0. The molecule has 0 bridgehead atoms. The van der Waals surface area contributed by atoms with Crippen LogP contribution in [0.4, 0.5) is 26.3 Å². The van der Waals surface area contributed by atoms with Crippen molar-refractivity contribution in [1.29, 1.82) is 0 Å². The molecule has 1 unspecified atom stereocenters. The number of alkyl halides is 6. The average molecular weight is 288 g/mol. The van der Waals surface area contributed by atoms with Crippen molar-refractivity contribution >= 4 is 0 Å². The quantitative estimate of drug-likeness (QED) is 0.861. The zero-order chi connectivity index (χ0) is 14.7. The summed E-state index contributed by atoms with van der Waals surface area (Å²) in [6.45, 7) is -2.17. The number of aliphatic hydroxyl groups excluding tert-OH is 1. The maximum absolute atomic E-state index is 12.2. The molecular formula is C11H10F6O2. The van der Waals surface area contributed by atoms with Crippen molar-refractivity contribution in [2.24, 2.45) is 0 Å². The van der Waals surface area contributed by atoms with E-state index in [2.05, 4.69) is 4.74 Å². The zero-order valence-electron chi connectivity index (χ0n) is 9.42. The Bertz CT molecular complexity index is 395.